The third-order valence-corrected chi connectivity index (χ3v) is 7.80. The van der Waals surface area contributed by atoms with E-state index in [0.29, 0.717) is 16.6 Å². The average molecular weight is 496 g/mol. The second-order valence-corrected chi connectivity index (χ2v) is 10.1. The van der Waals surface area contributed by atoms with Crippen molar-refractivity contribution in [2.75, 3.05) is 12.0 Å². The highest BCUT2D eigenvalue weighted by Gasteiger charge is 2.33. The van der Waals surface area contributed by atoms with Gasteiger partial charge in [-0.2, -0.15) is 0 Å². The van der Waals surface area contributed by atoms with Crippen molar-refractivity contribution < 1.29 is 19.4 Å². The molecular formula is C27H30ClN3O4. The van der Waals surface area contributed by atoms with Crippen LogP contribution in [0, 0.1) is 0 Å². The van der Waals surface area contributed by atoms with E-state index in [1.807, 2.05) is 19.1 Å². The van der Waals surface area contributed by atoms with E-state index >= 15 is 0 Å². The zero-order chi connectivity index (χ0) is 24.7. The molecule has 2 atom stereocenters. The van der Waals surface area contributed by atoms with Crippen molar-refractivity contribution in [2.24, 2.45) is 0 Å². The SMILES string of the molecule is COC(=O)N1c2ccc3c(nc(CC(C(=O)O)c4ccc(Cl)cc4)n3C3CCCC3)c2CCC1C. The van der Waals surface area contributed by atoms with Crippen LogP contribution in [0.4, 0.5) is 10.5 Å². The Morgan fingerprint density at radius 1 is 1.14 bits per heavy atom. The number of imidazole rings is 1. The molecule has 8 heteroatoms. The van der Waals surface area contributed by atoms with Crippen LogP contribution in [0.5, 0.6) is 0 Å². The number of hydrogen-bond donors (Lipinski definition) is 1. The number of fused-ring (bicyclic) bond motifs is 3. The highest BCUT2D eigenvalue weighted by Crippen LogP contribution is 2.40. The Hall–Kier alpha value is -3.06. The Morgan fingerprint density at radius 2 is 1.86 bits per heavy atom. The van der Waals surface area contributed by atoms with Gasteiger partial charge in [0.15, 0.2) is 0 Å². The monoisotopic (exact) mass is 495 g/mol. The number of amides is 1. The number of nitrogens with zero attached hydrogens (tertiary/aromatic N) is 3. The molecule has 1 fully saturated rings. The largest absolute Gasteiger partial charge is 0.481 e. The Balaban J connectivity index is 1.64. The number of carboxylic acid groups (broad SMARTS) is 1. The van der Waals surface area contributed by atoms with Crippen LogP contribution in [0.25, 0.3) is 11.0 Å². The number of anilines is 1. The highest BCUT2D eigenvalue weighted by atomic mass is 35.5. The van der Waals surface area contributed by atoms with Crippen LogP contribution in [0.1, 0.15) is 67.9 Å². The quantitative estimate of drug-likeness (QED) is 0.460. The molecule has 0 spiro atoms. The summed E-state index contributed by atoms with van der Waals surface area (Å²) in [4.78, 5) is 31.7. The lowest BCUT2D eigenvalue weighted by Gasteiger charge is -2.34. The third kappa shape index (κ3) is 4.27. The van der Waals surface area contributed by atoms with Crippen molar-refractivity contribution in [1.29, 1.82) is 0 Å². The van der Waals surface area contributed by atoms with Crippen LogP contribution < -0.4 is 4.90 Å². The number of rotatable bonds is 5. The molecule has 1 amide bonds. The molecule has 2 unspecified atom stereocenters. The third-order valence-electron chi connectivity index (χ3n) is 7.55. The van der Waals surface area contributed by atoms with E-state index in [9.17, 15) is 14.7 Å². The summed E-state index contributed by atoms with van der Waals surface area (Å²) in [5.41, 5.74) is 4.45. The van der Waals surface area contributed by atoms with Gasteiger partial charge in [0.2, 0.25) is 0 Å². The number of carbonyl (C=O) groups is 2. The fourth-order valence-corrected chi connectivity index (χ4v) is 5.89. The summed E-state index contributed by atoms with van der Waals surface area (Å²) in [5.74, 6) is -0.831. The van der Waals surface area contributed by atoms with Gasteiger partial charge in [-0.05, 0) is 62.4 Å². The summed E-state index contributed by atoms with van der Waals surface area (Å²) in [7, 11) is 1.40. The lowest BCUT2D eigenvalue weighted by molar-refractivity contribution is -0.138. The number of aromatic nitrogens is 2. The number of aliphatic carboxylic acids is 1. The fourth-order valence-electron chi connectivity index (χ4n) is 5.76. The number of methoxy groups -OCH3 is 1. The van der Waals surface area contributed by atoms with Crippen molar-refractivity contribution in [3.63, 3.8) is 0 Å². The predicted molar refractivity (Wildman–Crippen MR) is 135 cm³/mol. The molecule has 0 radical (unpaired) electrons. The molecule has 1 N–H and O–H groups in total. The van der Waals surface area contributed by atoms with Gasteiger partial charge in [0, 0.05) is 29.1 Å². The number of halogens is 1. The number of ether oxygens (including phenoxy) is 1. The number of benzene rings is 2. The van der Waals surface area contributed by atoms with Gasteiger partial charge in [-0.1, -0.05) is 36.6 Å². The van der Waals surface area contributed by atoms with Gasteiger partial charge in [0.1, 0.15) is 5.82 Å². The standard InChI is InChI=1S/C27H30ClN3O4/c1-16-7-12-20-22(30(16)27(34)35-2)13-14-23-25(20)29-24(31(23)19-5-3-4-6-19)15-21(26(32)33)17-8-10-18(28)11-9-17/h8-11,13-14,16,19,21H,3-7,12,15H2,1-2H3,(H,32,33). The van der Waals surface area contributed by atoms with Crippen molar-refractivity contribution in [3.05, 3.63) is 58.4 Å². The maximum Gasteiger partial charge on any atom is 0.414 e. The Labute approximate surface area is 209 Å². The van der Waals surface area contributed by atoms with E-state index in [1.165, 1.54) is 7.11 Å². The van der Waals surface area contributed by atoms with E-state index in [-0.39, 0.29) is 18.6 Å². The lowest BCUT2D eigenvalue weighted by Crippen LogP contribution is -2.42. The van der Waals surface area contributed by atoms with E-state index in [1.54, 1.807) is 29.2 Å². The first kappa shape index (κ1) is 23.7. The van der Waals surface area contributed by atoms with Crippen LogP contribution in [0.15, 0.2) is 36.4 Å². The van der Waals surface area contributed by atoms with Gasteiger partial charge in [0.25, 0.3) is 0 Å². The molecule has 35 heavy (non-hydrogen) atoms. The minimum absolute atomic E-state index is 0.0325. The fraction of sp³-hybridized carbons (Fsp3) is 0.444. The molecule has 1 aromatic heterocycles. The summed E-state index contributed by atoms with van der Waals surface area (Å²) < 4.78 is 7.34. The molecule has 184 valence electrons. The van der Waals surface area contributed by atoms with Crippen molar-refractivity contribution >= 4 is 40.4 Å². The molecule has 2 aliphatic rings. The topological polar surface area (TPSA) is 84.7 Å². The maximum atomic E-state index is 12.6. The lowest BCUT2D eigenvalue weighted by atomic mass is 9.95. The smallest absolute Gasteiger partial charge is 0.414 e. The first-order valence-corrected chi connectivity index (χ1v) is 12.6. The summed E-state index contributed by atoms with van der Waals surface area (Å²) in [6.45, 7) is 2.02. The molecule has 2 heterocycles. The average Bonchev–Trinajstić information content (AvgIpc) is 3.49. The van der Waals surface area contributed by atoms with Crippen molar-refractivity contribution in [3.8, 4) is 0 Å². The molecule has 1 aliphatic carbocycles. The van der Waals surface area contributed by atoms with Crippen LogP contribution in [-0.2, 0) is 22.4 Å². The van der Waals surface area contributed by atoms with Crippen molar-refractivity contribution in [1.82, 2.24) is 9.55 Å². The summed E-state index contributed by atoms with van der Waals surface area (Å²) in [6, 6.07) is 11.4. The van der Waals surface area contributed by atoms with E-state index < -0.39 is 11.9 Å². The van der Waals surface area contributed by atoms with Crippen LogP contribution >= 0.6 is 11.6 Å². The zero-order valence-electron chi connectivity index (χ0n) is 20.0. The van der Waals surface area contributed by atoms with Crippen LogP contribution in [0.2, 0.25) is 5.02 Å². The molecule has 7 nitrogen and oxygen atoms in total. The summed E-state index contributed by atoms with van der Waals surface area (Å²) >= 11 is 6.04. The Bertz CT molecular complexity index is 1260. The van der Waals surface area contributed by atoms with E-state index in [4.69, 9.17) is 21.3 Å². The normalized spacial score (nSPS) is 19.1. The summed E-state index contributed by atoms with van der Waals surface area (Å²) in [6.07, 6.45) is 5.95. The Kier molecular flexibility index (Phi) is 6.45. The Morgan fingerprint density at radius 3 is 2.51 bits per heavy atom. The number of carbonyl (C=O) groups excluding carboxylic acids is 1. The highest BCUT2D eigenvalue weighted by molar-refractivity contribution is 6.30. The molecule has 1 saturated carbocycles. The molecule has 5 rings (SSSR count). The minimum atomic E-state index is -0.884. The number of aryl methyl sites for hydroxylation is 1. The molecule has 0 saturated heterocycles. The molecule has 1 aliphatic heterocycles. The van der Waals surface area contributed by atoms with Crippen LogP contribution in [-0.4, -0.2) is 39.9 Å². The van der Waals surface area contributed by atoms with Gasteiger partial charge in [-0.15, -0.1) is 0 Å². The van der Waals surface area contributed by atoms with Gasteiger partial charge >= 0.3 is 12.1 Å². The molecule has 3 aromatic rings. The van der Waals surface area contributed by atoms with E-state index in [2.05, 4.69) is 4.57 Å². The number of hydrogen-bond acceptors (Lipinski definition) is 4. The van der Waals surface area contributed by atoms with Gasteiger partial charge in [0.05, 0.1) is 29.7 Å². The van der Waals surface area contributed by atoms with Gasteiger partial charge in [-0.3, -0.25) is 9.69 Å². The predicted octanol–water partition coefficient (Wildman–Crippen LogP) is 6.12. The first-order chi connectivity index (χ1) is 16.9. The number of carboxylic acids is 1. The molecule has 0 bridgehead atoms. The van der Waals surface area contributed by atoms with Gasteiger partial charge < -0.3 is 14.4 Å². The molecular weight excluding hydrogens is 466 g/mol. The van der Waals surface area contributed by atoms with Gasteiger partial charge in [-0.25, -0.2) is 9.78 Å². The van der Waals surface area contributed by atoms with E-state index in [0.717, 1.165) is 66.6 Å². The second-order valence-electron chi connectivity index (χ2n) is 9.64. The summed E-state index contributed by atoms with van der Waals surface area (Å²) in [5, 5.41) is 10.7. The second kappa shape index (κ2) is 9.53. The van der Waals surface area contributed by atoms with Crippen molar-refractivity contribution in [2.45, 2.75) is 69.9 Å². The minimum Gasteiger partial charge on any atom is -0.481 e. The maximum absolute atomic E-state index is 12.6. The first-order valence-electron chi connectivity index (χ1n) is 12.3. The molecule has 2 aromatic carbocycles. The zero-order valence-corrected chi connectivity index (χ0v) is 20.8. The van der Waals surface area contributed by atoms with Crippen LogP contribution in [0.3, 0.4) is 0 Å².